The van der Waals surface area contributed by atoms with Crippen LogP contribution in [0, 0.1) is 6.92 Å². The fourth-order valence-electron chi connectivity index (χ4n) is 4.28. The topological polar surface area (TPSA) is 75.1 Å². The smallest absolute Gasteiger partial charge is 0.274 e. The Kier molecular flexibility index (Phi) is 7.26. The molecule has 0 saturated carbocycles. The number of aryl methyl sites for hydroxylation is 1. The van der Waals surface area contributed by atoms with E-state index >= 15 is 0 Å². The maximum absolute atomic E-state index is 12.8. The van der Waals surface area contributed by atoms with Crippen molar-refractivity contribution < 1.29 is 9.59 Å². The number of rotatable bonds is 3. The first kappa shape index (κ1) is 23.8. The molecular formula is C26H31N3O2S. The number of aromatic nitrogens is 1. The molecule has 2 N–H and O–H groups in total. The number of carbonyl (C=O) groups is 2. The van der Waals surface area contributed by atoms with Gasteiger partial charge in [0.1, 0.15) is 11.2 Å². The van der Waals surface area contributed by atoms with Crippen LogP contribution in [0.3, 0.4) is 0 Å². The van der Waals surface area contributed by atoms with Crippen LogP contribution in [0.4, 0.5) is 0 Å². The van der Waals surface area contributed by atoms with Crippen LogP contribution in [0.25, 0.3) is 0 Å². The summed E-state index contributed by atoms with van der Waals surface area (Å²) in [5.41, 5.74) is 3.66. The molecule has 1 aromatic carbocycles. The van der Waals surface area contributed by atoms with E-state index in [0.717, 1.165) is 22.5 Å². The number of fused-ring (bicyclic) bond motifs is 1. The van der Waals surface area contributed by atoms with Gasteiger partial charge in [-0.25, -0.2) is 0 Å². The molecule has 0 bridgehead atoms. The summed E-state index contributed by atoms with van der Waals surface area (Å²) in [6, 6.07) is 11.5. The van der Waals surface area contributed by atoms with Crippen molar-refractivity contribution in [3.63, 3.8) is 0 Å². The van der Waals surface area contributed by atoms with Crippen molar-refractivity contribution in [2.75, 3.05) is 12.3 Å². The molecule has 0 unspecified atom stereocenters. The third-order valence-electron chi connectivity index (χ3n) is 5.87. The first-order chi connectivity index (χ1) is 15.4. The van der Waals surface area contributed by atoms with Gasteiger partial charge >= 0.3 is 0 Å². The molecule has 32 heavy (non-hydrogen) atoms. The Morgan fingerprint density at radius 3 is 2.59 bits per heavy atom. The number of H-pyrrole nitrogens is 1. The highest BCUT2D eigenvalue weighted by atomic mass is 32.2. The molecule has 1 aromatic heterocycles. The van der Waals surface area contributed by atoms with Gasteiger partial charge in [0.15, 0.2) is 5.78 Å². The highest BCUT2D eigenvalue weighted by Gasteiger charge is 2.67. The Balaban J connectivity index is 0.000000278. The van der Waals surface area contributed by atoms with Gasteiger partial charge in [0, 0.05) is 23.9 Å². The maximum atomic E-state index is 12.8. The number of likely N-dealkylation sites (tertiary alicyclic amines) is 1. The van der Waals surface area contributed by atoms with E-state index in [0.29, 0.717) is 12.2 Å². The van der Waals surface area contributed by atoms with E-state index in [-0.39, 0.29) is 23.3 Å². The number of hydrogen-bond acceptors (Lipinski definition) is 4. The minimum absolute atomic E-state index is 0.0314. The zero-order valence-electron chi connectivity index (χ0n) is 19.2. The van der Waals surface area contributed by atoms with E-state index in [1.165, 1.54) is 10.7 Å². The summed E-state index contributed by atoms with van der Waals surface area (Å²) in [6.07, 6.45) is 3.75. The molecule has 0 radical (unpaired) electrons. The second-order valence-corrected chi connectivity index (χ2v) is 9.26. The van der Waals surface area contributed by atoms with Crippen molar-refractivity contribution in [1.29, 1.82) is 0 Å². The second-order valence-electron chi connectivity index (χ2n) is 7.75. The van der Waals surface area contributed by atoms with Crippen molar-refractivity contribution in [2.45, 2.75) is 39.3 Å². The second kappa shape index (κ2) is 9.76. The lowest BCUT2D eigenvalue weighted by molar-refractivity contribution is 0.0806. The lowest BCUT2D eigenvalue weighted by Gasteiger charge is -2.28. The van der Waals surface area contributed by atoms with Gasteiger partial charge in [-0.15, -0.1) is 24.9 Å². The summed E-state index contributed by atoms with van der Waals surface area (Å²) in [4.78, 5) is 31.5. The number of amides is 1. The van der Waals surface area contributed by atoms with Crippen LogP contribution in [0.2, 0.25) is 0 Å². The van der Waals surface area contributed by atoms with E-state index < -0.39 is 0 Å². The summed E-state index contributed by atoms with van der Waals surface area (Å²) in [5.74, 6) is 1.08. The van der Waals surface area contributed by atoms with E-state index in [2.05, 4.69) is 50.3 Å². The molecule has 168 valence electrons. The number of ketones is 1. The predicted octanol–water partition coefficient (Wildman–Crippen LogP) is 5.19. The summed E-state index contributed by atoms with van der Waals surface area (Å²) in [7, 11) is 0. The maximum Gasteiger partial charge on any atom is 0.274 e. The van der Waals surface area contributed by atoms with Gasteiger partial charge < -0.3 is 9.88 Å². The average Bonchev–Trinajstić information content (AvgIpc) is 3.19. The number of aromatic amines is 1. The van der Waals surface area contributed by atoms with Crippen molar-refractivity contribution in [1.82, 2.24) is 15.2 Å². The van der Waals surface area contributed by atoms with Crippen molar-refractivity contribution in [2.24, 2.45) is 0 Å². The fourth-order valence-corrected chi connectivity index (χ4v) is 4.90. The van der Waals surface area contributed by atoms with Gasteiger partial charge in [0.2, 0.25) is 0 Å². The number of piperazine rings is 1. The van der Waals surface area contributed by atoms with Gasteiger partial charge in [-0.2, -0.15) is 0 Å². The standard InChI is InChI=1S/C18H15N3O2.C6H12S.C2H4/c1-10-6-7-13(19-10)17(23)21-9-15-18(20-15)12-5-3-2-4-11(12)14(22)8-16(18)21;1-4-6(3)7-5-2;1-2/h2-8,15,19-20H,9H2,1H3;4H,5H2,1-3H3;1-2H2/b;6-4+;/t15-,18-;;/m1../s1. The highest BCUT2D eigenvalue weighted by molar-refractivity contribution is 8.03. The van der Waals surface area contributed by atoms with E-state index in [1.807, 2.05) is 49.0 Å². The van der Waals surface area contributed by atoms with Crippen LogP contribution in [-0.4, -0.2) is 39.9 Å². The van der Waals surface area contributed by atoms with Crippen molar-refractivity contribution in [3.05, 3.63) is 94.8 Å². The van der Waals surface area contributed by atoms with Gasteiger partial charge in [-0.1, -0.05) is 37.3 Å². The Morgan fingerprint density at radius 1 is 1.28 bits per heavy atom. The van der Waals surface area contributed by atoms with Gasteiger partial charge in [-0.3, -0.25) is 14.9 Å². The minimum Gasteiger partial charge on any atom is -0.355 e. The van der Waals surface area contributed by atoms with Crippen LogP contribution in [0.5, 0.6) is 0 Å². The summed E-state index contributed by atoms with van der Waals surface area (Å²) in [6.45, 7) is 14.9. The number of hydrogen-bond donors (Lipinski definition) is 2. The van der Waals surface area contributed by atoms with Crippen LogP contribution < -0.4 is 5.32 Å². The average molecular weight is 450 g/mol. The Morgan fingerprint density at radius 2 is 2.00 bits per heavy atom. The predicted molar refractivity (Wildman–Crippen MR) is 133 cm³/mol. The summed E-state index contributed by atoms with van der Waals surface area (Å²) < 4.78 is 0. The molecule has 2 aromatic rings. The molecule has 1 amide bonds. The molecular weight excluding hydrogens is 418 g/mol. The Bertz CT molecular complexity index is 1080. The van der Waals surface area contributed by atoms with Crippen molar-refractivity contribution in [3.8, 4) is 0 Å². The molecule has 5 rings (SSSR count). The molecule has 3 aliphatic rings. The summed E-state index contributed by atoms with van der Waals surface area (Å²) in [5, 5.41) is 3.48. The van der Waals surface area contributed by atoms with E-state index in [9.17, 15) is 9.59 Å². The number of thioether (sulfide) groups is 1. The van der Waals surface area contributed by atoms with Crippen LogP contribution in [0.1, 0.15) is 52.9 Å². The SMILES string of the molecule is C/C=C(\C)SCC.C=C.Cc1ccc(C(=O)N2C[C@H]3N[C@@]34C2=CC(=O)c2ccccc24)[nH]1. The highest BCUT2D eigenvalue weighted by Crippen LogP contribution is 2.54. The minimum atomic E-state index is -0.359. The molecule has 3 heterocycles. The van der Waals surface area contributed by atoms with E-state index in [1.54, 1.807) is 17.0 Å². The van der Waals surface area contributed by atoms with Crippen LogP contribution in [-0.2, 0) is 5.54 Å². The molecule has 1 spiro atoms. The largest absolute Gasteiger partial charge is 0.355 e. The molecule has 6 heteroatoms. The normalized spacial score (nSPS) is 22.3. The first-order valence-corrected chi connectivity index (χ1v) is 11.8. The molecule has 2 saturated heterocycles. The van der Waals surface area contributed by atoms with Gasteiger partial charge in [0.25, 0.3) is 5.91 Å². The molecule has 2 fully saturated rings. The molecule has 2 atom stereocenters. The first-order valence-electron chi connectivity index (χ1n) is 10.8. The van der Waals surface area contributed by atoms with Crippen molar-refractivity contribution >= 4 is 23.5 Å². The van der Waals surface area contributed by atoms with Gasteiger partial charge in [0.05, 0.1) is 11.7 Å². The quantitative estimate of drug-likeness (QED) is 0.499. The molecule has 2 aliphatic heterocycles. The number of carbonyl (C=O) groups excluding carboxylic acids is 2. The molecule has 5 nitrogen and oxygen atoms in total. The van der Waals surface area contributed by atoms with Crippen LogP contribution in [0.15, 0.2) is 72.3 Å². The summed E-state index contributed by atoms with van der Waals surface area (Å²) >= 11 is 1.89. The number of allylic oxidation sites excluding steroid dienone is 3. The Hall–Kier alpha value is -2.83. The van der Waals surface area contributed by atoms with Gasteiger partial charge in [-0.05, 0) is 49.1 Å². The number of nitrogens with zero attached hydrogens (tertiary/aromatic N) is 1. The number of nitrogens with one attached hydrogen (secondary N) is 2. The monoisotopic (exact) mass is 449 g/mol. The lowest BCUT2D eigenvalue weighted by atomic mass is 9.83. The molecule has 1 aliphatic carbocycles. The third-order valence-corrected chi connectivity index (χ3v) is 6.85. The number of benzene rings is 1. The third kappa shape index (κ3) is 4.12. The van der Waals surface area contributed by atoms with Crippen LogP contribution >= 0.6 is 11.8 Å². The van der Waals surface area contributed by atoms with E-state index in [4.69, 9.17) is 0 Å². The fraction of sp³-hybridized carbons (Fsp3) is 0.308. The zero-order valence-corrected chi connectivity index (χ0v) is 20.0. The zero-order chi connectivity index (χ0) is 23.5. The Labute approximate surface area is 194 Å². The lowest BCUT2D eigenvalue weighted by Crippen LogP contribution is -2.37.